The molecule has 1 N–H and O–H groups in total. The highest BCUT2D eigenvalue weighted by Gasteiger charge is 2.28. The van der Waals surface area contributed by atoms with Crippen molar-refractivity contribution in [2.75, 3.05) is 32.7 Å². The van der Waals surface area contributed by atoms with Gasteiger partial charge in [-0.15, -0.1) is 0 Å². The number of amides is 1. The summed E-state index contributed by atoms with van der Waals surface area (Å²) in [6.07, 6.45) is 4.62. The van der Waals surface area contributed by atoms with Crippen LogP contribution in [0.5, 0.6) is 0 Å². The molecule has 0 aliphatic carbocycles. The highest BCUT2D eigenvalue weighted by atomic mass is 16.2. The molecule has 0 saturated carbocycles. The minimum atomic E-state index is 0.0916. The van der Waals surface area contributed by atoms with E-state index in [-0.39, 0.29) is 6.04 Å². The Hall–Kier alpha value is -0.610. The van der Waals surface area contributed by atoms with E-state index in [0.29, 0.717) is 11.9 Å². The zero-order valence-corrected chi connectivity index (χ0v) is 11.8. The van der Waals surface area contributed by atoms with Crippen LogP contribution >= 0.6 is 0 Å². The summed E-state index contributed by atoms with van der Waals surface area (Å²) in [6.45, 7) is 9.39. The van der Waals surface area contributed by atoms with Crippen LogP contribution in [-0.2, 0) is 4.79 Å². The fraction of sp³-hybridized carbons (Fsp3) is 0.929. The average molecular weight is 253 g/mol. The zero-order valence-electron chi connectivity index (χ0n) is 11.8. The highest BCUT2D eigenvalue weighted by Crippen LogP contribution is 2.13. The van der Waals surface area contributed by atoms with E-state index >= 15 is 0 Å². The van der Waals surface area contributed by atoms with E-state index in [2.05, 4.69) is 29.0 Å². The number of piperidine rings is 1. The number of nitrogens with zero attached hydrogens (tertiary/aromatic N) is 2. The van der Waals surface area contributed by atoms with Gasteiger partial charge in [-0.3, -0.25) is 9.69 Å². The van der Waals surface area contributed by atoms with Crippen LogP contribution in [0.25, 0.3) is 0 Å². The Kier molecular flexibility index (Phi) is 5.01. The molecule has 2 rings (SSSR count). The smallest absolute Gasteiger partial charge is 0.239 e. The van der Waals surface area contributed by atoms with Gasteiger partial charge >= 0.3 is 0 Å². The van der Waals surface area contributed by atoms with Crippen molar-refractivity contribution in [3.8, 4) is 0 Å². The SMILES string of the molecule is CCC(C)N1CCN(C(=O)[C@@H]2CCCCN2)CC1. The van der Waals surface area contributed by atoms with E-state index in [0.717, 1.165) is 39.1 Å². The number of hydrogen-bond acceptors (Lipinski definition) is 3. The van der Waals surface area contributed by atoms with Gasteiger partial charge < -0.3 is 10.2 Å². The molecule has 2 aliphatic heterocycles. The zero-order chi connectivity index (χ0) is 13.0. The molecule has 0 spiro atoms. The van der Waals surface area contributed by atoms with E-state index in [1.165, 1.54) is 19.3 Å². The standard InChI is InChI=1S/C14H27N3O/c1-3-12(2)16-8-10-17(11-9-16)14(18)13-6-4-5-7-15-13/h12-13,15H,3-11H2,1-2H3/t12?,13-/m0/s1. The maximum Gasteiger partial charge on any atom is 0.239 e. The molecule has 2 aliphatic rings. The van der Waals surface area contributed by atoms with E-state index < -0.39 is 0 Å². The molecule has 0 aromatic rings. The topological polar surface area (TPSA) is 35.6 Å². The van der Waals surface area contributed by atoms with Crippen LogP contribution in [-0.4, -0.2) is 60.5 Å². The Morgan fingerprint density at radius 1 is 1.28 bits per heavy atom. The summed E-state index contributed by atoms with van der Waals surface area (Å²) in [4.78, 5) is 16.9. The summed E-state index contributed by atoms with van der Waals surface area (Å²) < 4.78 is 0. The summed E-state index contributed by atoms with van der Waals surface area (Å²) >= 11 is 0. The van der Waals surface area contributed by atoms with Gasteiger partial charge in [-0.05, 0) is 32.7 Å². The molecular formula is C14H27N3O. The van der Waals surface area contributed by atoms with Gasteiger partial charge in [0.1, 0.15) is 0 Å². The van der Waals surface area contributed by atoms with Crippen LogP contribution in [0.4, 0.5) is 0 Å². The first kappa shape index (κ1) is 13.8. The van der Waals surface area contributed by atoms with Crippen molar-refractivity contribution >= 4 is 5.91 Å². The van der Waals surface area contributed by atoms with E-state index in [9.17, 15) is 4.79 Å². The first-order valence-electron chi connectivity index (χ1n) is 7.48. The lowest BCUT2D eigenvalue weighted by atomic mass is 10.0. The number of hydrogen-bond donors (Lipinski definition) is 1. The van der Waals surface area contributed by atoms with Crippen molar-refractivity contribution in [2.45, 2.75) is 51.6 Å². The van der Waals surface area contributed by atoms with E-state index in [4.69, 9.17) is 0 Å². The van der Waals surface area contributed by atoms with Gasteiger partial charge in [0.15, 0.2) is 0 Å². The molecule has 2 atom stereocenters. The molecule has 4 nitrogen and oxygen atoms in total. The van der Waals surface area contributed by atoms with E-state index in [1.807, 2.05) is 0 Å². The number of carbonyl (C=O) groups is 1. The minimum absolute atomic E-state index is 0.0916. The second kappa shape index (κ2) is 6.53. The van der Waals surface area contributed by atoms with Crippen LogP contribution in [0.2, 0.25) is 0 Å². The third kappa shape index (κ3) is 3.23. The predicted octanol–water partition coefficient (Wildman–Crippen LogP) is 1.07. The van der Waals surface area contributed by atoms with Gasteiger partial charge in [-0.25, -0.2) is 0 Å². The van der Waals surface area contributed by atoms with Gasteiger partial charge in [-0.2, -0.15) is 0 Å². The molecule has 0 radical (unpaired) electrons. The van der Waals surface area contributed by atoms with Crippen LogP contribution in [0.3, 0.4) is 0 Å². The summed E-state index contributed by atoms with van der Waals surface area (Å²) in [5.74, 6) is 0.332. The molecule has 18 heavy (non-hydrogen) atoms. The number of piperazine rings is 1. The summed E-state index contributed by atoms with van der Waals surface area (Å²) in [5.41, 5.74) is 0. The lowest BCUT2D eigenvalue weighted by molar-refractivity contribution is -0.136. The summed E-state index contributed by atoms with van der Waals surface area (Å²) in [7, 11) is 0. The summed E-state index contributed by atoms with van der Waals surface area (Å²) in [6, 6.07) is 0.740. The van der Waals surface area contributed by atoms with Gasteiger partial charge in [-0.1, -0.05) is 13.3 Å². The quantitative estimate of drug-likeness (QED) is 0.817. The number of nitrogens with one attached hydrogen (secondary N) is 1. The fourth-order valence-electron chi connectivity index (χ4n) is 2.92. The van der Waals surface area contributed by atoms with Gasteiger partial charge in [0.25, 0.3) is 0 Å². The van der Waals surface area contributed by atoms with Crippen LogP contribution in [0.15, 0.2) is 0 Å². The van der Waals surface area contributed by atoms with Crippen LogP contribution in [0, 0.1) is 0 Å². The molecule has 1 amide bonds. The fourth-order valence-corrected chi connectivity index (χ4v) is 2.92. The van der Waals surface area contributed by atoms with Gasteiger partial charge in [0.05, 0.1) is 6.04 Å². The maximum absolute atomic E-state index is 12.3. The second-order valence-corrected chi connectivity index (χ2v) is 5.62. The van der Waals surface area contributed by atoms with Crippen LogP contribution in [0.1, 0.15) is 39.5 Å². The molecule has 2 heterocycles. The Morgan fingerprint density at radius 3 is 2.56 bits per heavy atom. The van der Waals surface area contributed by atoms with Gasteiger partial charge in [0.2, 0.25) is 5.91 Å². The number of rotatable bonds is 3. The van der Waals surface area contributed by atoms with Crippen molar-refractivity contribution in [2.24, 2.45) is 0 Å². The first-order chi connectivity index (χ1) is 8.72. The molecule has 4 heteroatoms. The largest absolute Gasteiger partial charge is 0.339 e. The normalized spacial score (nSPS) is 28.1. The average Bonchev–Trinajstić information content (AvgIpc) is 2.47. The molecule has 0 aromatic carbocycles. The lowest BCUT2D eigenvalue weighted by Gasteiger charge is -2.39. The number of carbonyl (C=O) groups excluding carboxylic acids is 1. The van der Waals surface area contributed by atoms with Crippen molar-refractivity contribution in [1.82, 2.24) is 15.1 Å². The van der Waals surface area contributed by atoms with Crippen molar-refractivity contribution < 1.29 is 4.79 Å². The van der Waals surface area contributed by atoms with Crippen LogP contribution < -0.4 is 5.32 Å². The van der Waals surface area contributed by atoms with Gasteiger partial charge in [0, 0.05) is 32.2 Å². The molecule has 104 valence electrons. The molecular weight excluding hydrogens is 226 g/mol. The van der Waals surface area contributed by atoms with Crippen molar-refractivity contribution in [3.05, 3.63) is 0 Å². The molecule has 2 saturated heterocycles. The Balaban J connectivity index is 1.79. The maximum atomic E-state index is 12.3. The minimum Gasteiger partial charge on any atom is -0.339 e. The summed E-state index contributed by atoms with van der Waals surface area (Å²) in [5, 5.41) is 3.36. The monoisotopic (exact) mass is 253 g/mol. The Morgan fingerprint density at radius 2 is 2.00 bits per heavy atom. The Bertz CT molecular complexity index is 268. The molecule has 0 bridgehead atoms. The second-order valence-electron chi connectivity index (χ2n) is 5.62. The molecule has 0 aromatic heterocycles. The molecule has 1 unspecified atom stereocenters. The third-order valence-corrected chi connectivity index (χ3v) is 4.45. The predicted molar refractivity (Wildman–Crippen MR) is 73.5 cm³/mol. The highest BCUT2D eigenvalue weighted by molar-refractivity contribution is 5.82. The lowest BCUT2D eigenvalue weighted by Crippen LogP contribution is -2.56. The van der Waals surface area contributed by atoms with Crippen molar-refractivity contribution in [1.29, 1.82) is 0 Å². The van der Waals surface area contributed by atoms with Crippen molar-refractivity contribution in [3.63, 3.8) is 0 Å². The Labute approximate surface area is 111 Å². The van der Waals surface area contributed by atoms with E-state index in [1.54, 1.807) is 0 Å². The molecule has 2 fully saturated rings. The first-order valence-corrected chi connectivity index (χ1v) is 7.48. The third-order valence-electron chi connectivity index (χ3n) is 4.45.